The number of aromatic nitrogens is 3. The highest BCUT2D eigenvalue weighted by Crippen LogP contribution is 2.43. The average Bonchev–Trinajstić information content (AvgIpc) is 3.67. The number of aromatic hydroxyl groups is 1. The van der Waals surface area contributed by atoms with Gasteiger partial charge in [0.2, 0.25) is 0 Å². The van der Waals surface area contributed by atoms with E-state index >= 15 is 4.39 Å². The van der Waals surface area contributed by atoms with E-state index < -0.39 is 35.0 Å². The van der Waals surface area contributed by atoms with Gasteiger partial charge in [-0.25, -0.2) is 13.2 Å². The summed E-state index contributed by atoms with van der Waals surface area (Å²) in [6, 6.07) is 4.98. The van der Waals surface area contributed by atoms with Crippen LogP contribution >= 0.6 is 0 Å². The van der Waals surface area contributed by atoms with Crippen LogP contribution in [0.1, 0.15) is 37.7 Å². The van der Waals surface area contributed by atoms with E-state index in [9.17, 15) is 22.7 Å². The van der Waals surface area contributed by atoms with Crippen molar-refractivity contribution in [1.82, 2.24) is 25.2 Å². The van der Waals surface area contributed by atoms with Gasteiger partial charge in [-0.1, -0.05) is 12.0 Å². The number of phenolic OH excluding ortho intramolecular Hbond substituents is 1. The number of hydrogen-bond acceptors (Lipinski definition) is 8. The number of terminal acetylenes is 1. The van der Waals surface area contributed by atoms with Crippen molar-refractivity contribution in [1.29, 1.82) is 0 Å². The topological polar surface area (TPSA) is 86.6 Å². The van der Waals surface area contributed by atoms with Crippen molar-refractivity contribution in [2.45, 2.75) is 55.4 Å². The van der Waals surface area contributed by atoms with Gasteiger partial charge in [-0.15, -0.1) is 6.42 Å². The van der Waals surface area contributed by atoms with Crippen molar-refractivity contribution in [3.05, 3.63) is 59.8 Å². The predicted molar refractivity (Wildman–Crippen MR) is 170 cm³/mol. The molecule has 48 heavy (non-hydrogen) atoms. The number of piperazine rings is 1. The monoisotopic (exact) mass is 662 g/mol. The third-order valence-corrected chi connectivity index (χ3v) is 10.4. The molecule has 4 aliphatic heterocycles. The number of alkyl halides is 1. The Hall–Kier alpha value is -4.54. The number of nitrogens with one attached hydrogen (secondary N) is 1. The fourth-order valence-electron chi connectivity index (χ4n) is 8.36. The van der Waals surface area contributed by atoms with E-state index in [-0.39, 0.29) is 69.9 Å². The first-order valence-corrected chi connectivity index (χ1v) is 15.9. The smallest absolute Gasteiger partial charge is 0.319 e. The van der Waals surface area contributed by atoms with Crippen LogP contribution < -0.4 is 15.0 Å². The average molecular weight is 663 g/mol. The van der Waals surface area contributed by atoms with Crippen LogP contribution in [0.5, 0.6) is 11.8 Å². The molecule has 0 saturated carbocycles. The summed E-state index contributed by atoms with van der Waals surface area (Å²) in [4.78, 5) is 17.5. The number of hydrogen-bond donors (Lipinski definition) is 2. The van der Waals surface area contributed by atoms with Crippen LogP contribution in [-0.2, 0) is 0 Å². The lowest BCUT2D eigenvalue weighted by Gasteiger charge is -2.40. The van der Waals surface area contributed by atoms with Gasteiger partial charge in [-0.3, -0.25) is 9.88 Å². The molecule has 2 aromatic carbocycles. The molecule has 8 nitrogen and oxygen atoms in total. The summed E-state index contributed by atoms with van der Waals surface area (Å²) >= 11 is 0. The molecule has 4 atom stereocenters. The fourth-order valence-corrected chi connectivity index (χ4v) is 8.36. The number of nitrogens with zero attached hydrogens (tertiary/aromatic N) is 5. The summed E-state index contributed by atoms with van der Waals surface area (Å²) in [7, 11) is 0. The highest BCUT2D eigenvalue weighted by molar-refractivity contribution is 6.03. The van der Waals surface area contributed by atoms with Crippen LogP contribution in [0.2, 0.25) is 0 Å². The molecule has 0 spiro atoms. The van der Waals surface area contributed by atoms with Gasteiger partial charge >= 0.3 is 6.01 Å². The van der Waals surface area contributed by atoms with E-state index in [1.165, 1.54) is 30.5 Å². The van der Waals surface area contributed by atoms with Crippen LogP contribution in [0.25, 0.3) is 32.9 Å². The van der Waals surface area contributed by atoms with Crippen LogP contribution in [-0.4, -0.2) is 81.0 Å². The van der Waals surface area contributed by atoms with Crippen LogP contribution in [0.3, 0.4) is 0 Å². The fraction of sp³-hybridized carbons (Fsp3) is 0.400. The van der Waals surface area contributed by atoms with Gasteiger partial charge in [-0.05, 0) is 55.8 Å². The Balaban J connectivity index is 1.28. The first-order chi connectivity index (χ1) is 23.1. The number of halogens is 5. The Labute approximate surface area is 272 Å². The van der Waals surface area contributed by atoms with Crippen molar-refractivity contribution in [2.24, 2.45) is 0 Å². The minimum absolute atomic E-state index is 0.0580. The van der Waals surface area contributed by atoms with Crippen molar-refractivity contribution in [3.63, 3.8) is 0 Å². The van der Waals surface area contributed by atoms with Gasteiger partial charge in [0.1, 0.15) is 41.4 Å². The van der Waals surface area contributed by atoms with Crippen molar-refractivity contribution in [3.8, 4) is 35.4 Å². The summed E-state index contributed by atoms with van der Waals surface area (Å²) in [6.45, 7) is 1.68. The van der Waals surface area contributed by atoms with Crippen molar-refractivity contribution >= 4 is 27.5 Å². The minimum Gasteiger partial charge on any atom is -0.508 e. The van der Waals surface area contributed by atoms with E-state index in [1.54, 1.807) is 0 Å². The molecule has 2 aromatic heterocycles. The number of fused-ring (bicyclic) bond motifs is 5. The largest absolute Gasteiger partial charge is 0.508 e. The Bertz CT molecular complexity index is 2050. The highest BCUT2D eigenvalue weighted by atomic mass is 19.3. The molecule has 8 rings (SSSR count). The highest BCUT2D eigenvalue weighted by Gasteiger charge is 2.50. The molecule has 4 aromatic rings. The SMILES string of the molecule is C#Cc1c(F)ccc2cc(O)cc(-c3ncc4c(N5C[C@H]6CC[C@@](C=C(F)F)(C5)N6)nc(OC[C@@]56CCCN5C[C@H](F)C6)nc4c3F)c12. The lowest BCUT2D eigenvalue weighted by molar-refractivity contribution is 0.107. The minimum atomic E-state index is -1.80. The molecule has 2 bridgehead atoms. The molecule has 248 valence electrons. The molecule has 4 aliphatic rings. The summed E-state index contributed by atoms with van der Waals surface area (Å²) in [6.07, 6.45) is 8.24. The number of anilines is 1. The Morgan fingerprint density at radius 1 is 1.19 bits per heavy atom. The lowest BCUT2D eigenvalue weighted by atomic mass is 9.95. The summed E-state index contributed by atoms with van der Waals surface area (Å²) < 4.78 is 79.6. The van der Waals surface area contributed by atoms with Crippen LogP contribution in [0.4, 0.5) is 27.8 Å². The van der Waals surface area contributed by atoms with Gasteiger partial charge in [0.15, 0.2) is 5.82 Å². The molecule has 4 fully saturated rings. The van der Waals surface area contributed by atoms with E-state index in [0.29, 0.717) is 37.7 Å². The molecule has 13 heteroatoms. The molecule has 0 amide bonds. The quantitative estimate of drug-likeness (QED) is 0.196. The molecule has 0 unspecified atom stereocenters. The van der Waals surface area contributed by atoms with Crippen molar-refractivity contribution < 1.29 is 31.8 Å². The normalized spacial score (nSPS) is 26.6. The molecule has 2 N–H and O–H groups in total. The summed E-state index contributed by atoms with van der Waals surface area (Å²) in [5.74, 6) is 0.785. The van der Waals surface area contributed by atoms with E-state index in [1.807, 2.05) is 4.90 Å². The second kappa shape index (κ2) is 11.3. The zero-order valence-corrected chi connectivity index (χ0v) is 25.7. The number of phenols is 1. The van der Waals surface area contributed by atoms with Gasteiger partial charge < -0.3 is 20.1 Å². The lowest BCUT2D eigenvalue weighted by Crippen LogP contribution is -2.59. The van der Waals surface area contributed by atoms with Gasteiger partial charge in [-0.2, -0.15) is 18.7 Å². The van der Waals surface area contributed by atoms with Crippen molar-refractivity contribution in [2.75, 3.05) is 37.7 Å². The Kier molecular flexibility index (Phi) is 7.23. The Morgan fingerprint density at radius 3 is 2.85 bits per heavy atom. The Morgan fingerprint density at radius 2 is 2.04 bits per heavy atom. The molecular weight excluding hydrogens is 631 g/mol. The molecule has 0 radical (unpaired) electrons. The first kappa shape index (κ1) is 30.8. The molecule has 6 heterocycles. The zero-order chi connectivity index (χ0) is 33.4. The number of ether oxygens (including phenoxy) is 1. The van der Waals surface area contributed by atoms with Gasteiger partial charge in [0.25, 0.3) is 6.08 Å². The van der Waals surface area contributed by atoms with E-state index in [2.05, 4.69) is 26.1 Å². The third-order valence-electron chi connectivity index (χ3n) is 10.4. The zero-order valence-electron chi connectivity index (χ0n) is 25.7. The number of benzene rings is 2. The maximum Gasteiger partial charge on any atom is 0.319 e. The van der Waals surface area contributed by atoms with Gasteiger partial charge in [0.05, 0.1) is 22.0 Å². The third kappa shape index (κ3) is 5.00. The molecule has 0 aliphatic carbocycles. The van der Waals surface area contributed by atoms with Crippen LogP contribution in [0.15, 0.2) is 42.6 Å². The first-order valence-electron chi connectivity index (χ1n) is 15.9. The standard InChI is InChI=1S/C35H31F5N6O2/c1-2-23-26(37)5-4-19-10-22(47)11-24(28(19)23)30-29(40)31-25(14-41-30)32(45-16-21-6-8-34(17-45,44-21)13-27(38)39)43-33(42-31)48-18-35-7-3-9-46(35)15-20(36)12-35/h1,4-5,10-11,13-14,20-21,44,47H,3,6-9,12,15-18H2/t20-,21-,34-,35+/m1/s1. The van der Waals surface area contributed by atoms with E-state index in [0.717, 1.165) is 25.5 Å². The second-order valence-corrected chi connectivity index (χ2v) is 13.4. The molecule has 4 saturated heterocycles. The predicted octanol–water partition coefficient (Wildman–Crippen LogP) is 5.86. The number of rotatable bonds is 6. The molecular formula is C35H31F5N6O2. The summed E-state index contributed by atoms with van der Waals surface area (Å²) in [5, 5.41) is 14.6. The van der Waals surface area contributed by atoms with Gasteiger partial charge in [0, 0.05) is 55.3 Å². The maximum absolute atomic E-state index is 16.9. The van der Waals surface area contributed by atoms with Crippen LogP contribution in [0, 0.1) is 24.0 Å². The number of pyridine rings is 1. The second-order valence-electron chi connectivity index (χ2n) is 13.4. The maximum atomic E-state index is 16.9. The van der Waals surface area contributed by atoms with E-state index in [4.69, 9.17) is 16.1 Å². The summed E-state index contributed by atoms with van der Waals surface area (Å²) in [5.41, 5.74) is -2.00.